The van der Waals surface area contributed by atoms with Crippen LogP contribution in [0.5, 0.6) is 0 Å². The summed E-state index contributed by atoms with van der Waals surface area (Å²) in [5.41, 5.74) is -0.835. The zero-order valence-electron chi connectivity index (χ0n) is 15.7. The van der Waals surface area contributed by atoms with Crippen LogP contribution < -0.4 is 10.6 Å². The lowest BCUT2D eigenvalue weighted by Gasteiger charge is -2.13. The van der Waals surface area contributed by atoms with E-state index in [-0.39, 0.29) is 31.0 Å². The molecule has 3 heterocycles. The maximum Gasteiger partial charge on any atom is 0.438 e. The molecule has 0 saturated heterocycles. The molecule has 0 unspecified atom stereocenters. The van der Waals surface area contributed by atoms with Crippen molar-refractivity contribution in [1.82, 2.24) is 20.5 Å². The van der Waals surface area contributed by atoms with E-state index >= 15 is 0 Å². The van der Waals surface area contributed by atoms with Crippen molar-refractivity contribution in [3.63, 3.8) is 0 Å². The second kappa shape index (κ2) is 8.20. The molecule has 2 aromatic heterocycles. The molecule has 1 aliphatic heterocycles. The molecule has 9 nitrogen and oxygen atoms in total. The molecule has 6 bridgehead atoms. The maximum absolute atomic E-state index is 13.4. The van der Waals surface area contributed by atoms with Gasteiger partial charge in [0, 0.05) is 17.7 Å². The summed E-state index contributed by atoms with van der Waals surface area (Å²) in [6.07, 6.45) is -3.50. The molecule has 1 saturated carbocycles. The highest BCUT2D eigenvalue weighted by molar-refractivity contribution is 6.03. The van der Waals surface area contributed by atoms with Gasteiger partial charge in [-0.3, -0.25) is 5.10 Å². The van der Waals surface area contributed by atoms with Gasteiger partial charge in [-0.05, 0) is 31.4 Å². The summed E-state index contributed by atoms with van der Waals surface area (Å²) in [4.78, 5) is 20.6. The molecule has 1 fully saturated rings. The molecular formula is C18H19F3N6O3. The summed E-state index contributed by atoms with van der Waals surface area (Å²) >= 11 is 0. The van der Waals surface area contributed by atoms with Crippen molar-refractivity contribution >= 4 is 23.4 Å². The number of halogens is 3. The minimum absolute atomic E-state index is 0.0530. The third kappa shape index (κ3) is 4.63. The Morgan fingerprint density at radius 1 is 1.17 bits per heavy atom. The van der Waals surface area contributed by atoms with Crippen molar-refractivity contribution in [2.75, 3.05) is 18.5 Å². The van der Waals surface area contributed by atoms with Crippen LogP contribution in [0.25, 0.3) is 0 Å². The number of hydrogen-bond donors (Lipinski definition) is 3. The molecule has 0 spiro atoms. The molecule has 2 aliphatic rings. The van der Waals surface area contributed by atoms with Crippen molar-refractivity contribution in [1.29, 1.82) is 0 Å². The highest BCUT2D eigenvalue weighted by atomic mass is 19.4. The number of ether oxygens (including phenoxy) is 1. The number of carbonyl (C=O) groups excluding carboxylic acids is 1. The Labute approximate surface area is 169 Å². The SMILES string of the molecule is O=C1NCCO/N=C(\C(F)(F)F)c2cccc(n2)Nc2cc([nH]n2)[C@H]2CC[C@H](C2)O1. The van der Waals surface area contributed by atoms with Crippen LogP contribution in [-0.4, -0.2) is 52.4 Å². The van der Waals surface area contributed by atoms with E-state index < -0.39 is 23.7 Å². The van der Waals surface area contributed by atoms with Crippen molar-refractivity contribution < 1.29 is 27.5 Å². The van der Waals surface area contributed by atoms with Gasteiger partial charge in [-0.15, -0.1) is 0 Å². The van der Waals surface area contributed by atoms with Gasteiger partial charge in [0.05, 0.1) is 12.2 Å². The van der Waals surface area contributed by atoms with Crippen LogP contribution in [0.15, 0.2) is 29.4 Å². The molecule has 30 heavy (non-hydrogen) atoms. The van der Waals surface area contributed by atoms with Gasteiger partial charge in [0.15, 0.2) is 5.82 Å². The summed E-state index contributed by atoms with van der Waals surface area (Å²) in [6, 6.07) is 5.91. The Morgan fingerprint density at radius 3 is 2.87 bits per heavy atom. The first-order chi connectivity index (χ1) is 14.4. The average molecular weight is 424 g/mol. The number of rotatable bonds is 0. The van der Waals surface area contributed by atoms with E-state index in [1.807, 2.05) is 0 Å². The monoisotopic (exact) mass is 424 g/mol. The van der Waals surface area contributed by atoms with E-state index in [0.717, 1.165) is 12.1 Å². The van der Waals surface area contributed by atoms with Crippen molar-refractivity contribution in [3.05, 3.63) is 35.7 Å². The van der Waals surface area contributed by atoms with Crippen LogP contribution in [0.2, 0.25) is 0 Å². The molecule has 0 aromatic carbocycles. The number of nitrogens with one attached hydrogen (secondary N) is 3. The van der Waals surface area contributed by atoms with E-state index in [9.17, 15) is 18.0 Å². The molecule has 160 valence electrons. The predicted molar refractivity (Wildman–Crippen MR) is 99.5 cm³/mol. The van der Waals surface area contributed by atoms with Gasteiger partial charge in [-0.2, -0.15) is 18.3 Å². The molecule has 4 rings (SSSR count). The first-order valence-electron chi connectivity index (χ1n) is 9.40. The Bertz CT molecular complexity index is 945. The number of aromatic amines is 1. The molecular weight excluding hydrogens is 405 g/mol. The second-order valence-corrected chi connectivity index (χ2v) is 6.98. The first-order valence-corrected chi connectivity index (χ1v) is 9.40. The minimum Gasteiger partial charge on any atom is -0.446 e. The lowest BCUT2D eigenvalue weighted by atomic mass is 10.0. The third-order valence-electron chi connectivity index (χ3n) is 4.83. The highest BCUT2D eigenvalue weighted by Crippen LogP contribution is 2.36. The van der Waals surface area contributed by atoms with Gasteiger partial charge in [-0.25, -0.2) is 9.78 Å². The van der Waals surface area contributed by atoms with Crippen LogP contribution in [0.1, 0.15) is 36.6 Å². The van der Waals surface area contributed by atoms with Crippen molar-refractivity contribution in [2.24, 2.45) is 5.16 Å². The zero-order valence-corrected chi connectivity index (χ0v) is 15.7. The standard InChI is InChI=1S/C18H19F3N6O3/c19-18(20,21)16-12-2-1-3-14(23-12)24-15-9-13(25-26-15)10-4-5-11(8-10)30-17(28)22-6-7-29-27-16/h1-3,9-11H,4-8H2,(H,22,28)(H2,23,24,25,26)/b27-16-/t10-,11+/m0/s1. The summed E-state index contributed by atoms with van der Waals surface area (Å²) in [5, 5.41) is 15.6. The van der Waals surface area contributed by atoms with E-state index in [1.54, 1.807) is 6.07 Å². The van der Waals surface area contributed by atoms with Crippen molar-refractivity contribution in [2.45, 2.75) is 37.5 Å². The van der Waals surface area contributed by atoms with Gasteiger partial charge in [0.2, 0.25) is 5.71 Å². The van der Waals surface area contributed by atoms with Crippen molar-refractivity contribution in [3.8, 4) is 0 Å². The number of alkyl halides is 3. The normalized spacial score (nSPS) is 24.2. The molecule has 1 aliphatic carbocycles. The lowest BCUT2D eigenvalue weighted by Crippen LogP contribution is -2.31. The summed E-state index contributed by atoms with van der Waals surface area (Å²) in [7, 11) is 0. The summed E-state index contributed by atoms with van der Waals surface area (Å²) in [5.74, 6) is 0.736. The fraction of sp³-hybridized carbons (Fsp3) is 0.444. The average Bonchev–Trinajstić information content (AvgIpc) is 3.32. The molecule has 0 radical (unpaired) electrons. The number of carbonyl (C=O) groups is 1. The molecule has 2 aromatic rings. The third-order valence-corrected chi connectivity index (χ3v) is 4.83. The van der Waals surface area contributed by atoms with Crippen LogP contribution in [0.4, 0.5) is 29.6 Å². The second-order valence-electron chi connectivity index (χ2n) is 6.98. The fourth-order valence-corrected chi connectivity index (χ4v) is 3.45. The largest absolute Gasteiger partial charge is 0.446 e. The first kappa shape index (κ1) is 20.0. The summed E-state index contributed by atoms with van der Waals surface area (Å²) < 4.78 is 45.6. The van der Waals surface area contributed by atoms with Crippen LogP contribution in [0.3, 0.4) is 0 Å². The number of anilines is 2. The maximum atomic E-state index is 13.4. The Kier molecular flexibility index (Phi) is 5.46. The number of oxime groups is 1. The van der Waals surface area contributed by atoms with Gasteiger partial charge in [-0.1, -0.05) is 11.2 Å². The van der Waals surface area contributed by atoms with Gasteiger partial charge in [0.25, 0.3) is 0 Å². The van der Waals surface area contributed by atoms with Crippen LogP contribution in [0, 0.1) is 0 Å². The Balaban J connectivity index is 1.63. The van der Waals surface area contributed by atoms with E-state index in [0.29, 0.717) is 18.7 Å². The number of nitrogens with zero attached hydrogens (tertiary/aromatic N) is 3. The lowest BCUT2D eigenvalue weighted by molar-refractivity contribution is -0.0616. The number of pyridine rings is 1. The van der Waals surface area contributed by atoms with Gasteiger partial charge in [0.1, 0.15) is 18.5 Å². The smallest absolute Gasteiger partial charge is 0.438 e. The Hall–Kier alpha value is -3.31. The van der Waals surface area contributed by atoms with E-state index in [2.05, 4.69) is 31.0 Å². The molecule has 3 N–H and O–H groups in total. The number of aromatic nitrogens is 3. The number of hydrogen-bond acceptors (Lipinski definition) is 7. The molecule has 2 atom stereocenters. The topological polar surface area (TPSA) is 114 Å². The fourth-order valence-electron chi connectivity index (χ4n) is 3.45. The van der Waals surface area contributed by atoms with Crippen LogP contribution >= 0.6 is 0 Å². The van der Waals surface area contributed by atoms with Gasteiger partial charge >= 0.3 is 12.3 Å². The summed E-state index contributed by atoms with van der Waals surface area (Å²) in [6.45, 7) is -0.309. The number of amides is 1. The van der Waals surface area contributed by atoms with Crippen LogP contribution in [-0.2, 0) is 9.57 Å². The van der Waals surface area contributed by atoms with E-state index in [4.69, 9.17) is 9.57 Å². The zero-order chi connectivity index (χ0) is 21.1. The molecule has 12 heteroatoms. The highest BCUT2D eigenvalue weighted by Gasteiger charge is 2.39. The number of fused-ring (bicyclic) bond motifs is 7. The minimum atomic E-state index is -4.78. The number of alkyl carbamates (subject to hydrolysis) is 1. The predicted octanol–water partition coefficient (Wildman–Crippen LogP) is 3.21. The Morgan fingerprint density at radius 2 is 2.03 bits per heavy atom. The quantitative estimate of drug-likeness (QED) is 0.599. The van der Waals surface area contributed by atoms with E-state index in [1.165, 1.54) is 18.2 Å². The number of H-pyrrole nitrogens is 1. The molecule has 1 amide bonds. The van der Waals surface area contributed by atoms with Gasteiger partial charge < -0.3 is 20.2 Å².